The third-order valence-electron chi connectivity index (χ3n) is 1.98. The molecule has 0 spiro atoms. The number of aliphatic hydroxyl groups is 1. The van der Waals surface area contributed by atoms with Crippen molar-refractivity contribution in [3.63, 3.8) is 0 Å². The van der Waals surface area contributed by atoms with Crippen molar-refractivity contribution in [3.8, 4) is 0 Å². The Labute approximate surface area is 92.0 Å². The SMILES string of the molecule is COCCn1ncc(Br)c1CCCO. The van der Waals surface area contributed by atoms with E-state index in [1.807, 2.05) is 4.68 Å². The first kappa shape index (κ1) is 11.7. The highest BCUT2D eigenvalue weighted by Gasteiger charge is 2.07. The quantitative estimate of drug-likeness (QED) is 0.839. The molecule has 5 heteroatoms. The summed E-state index contributed by atoms with van der Waals surface area (Å²) in [4.78, 5) is 0. The van der Waals surface area contributed by atoms with E-state index in [0.717, 1.165) is 29.6 Å². The van der Waals surface area contributed by atoms with Crippen molar-refractivity contribution in [1.82, 2.24) is 9.78 Å². The van der Waals surface area contributed by atoms with Gasteiger partial charge in [-0.05, 0) is 28.8 Å². The summed E-state index contributed by atoms with van der Waals surface area (Å²) in [6.45, 7) is 1.62. The van der Waals surface area contributed by atoms with E-state index in [1.165, 1.54) is 0 Å². The van der Waals surface area contributed by atoms with Crippen molar-refractivity contribution in [2.45, 2.75) is 19.4 Å². The molecule has 1 rings (SSSR count). The van der Waals surface area contributed by atoms with Gasteiger partial charge in [0.2, 0.25) is 0 Å². The highest BCUT2D eigenvalue weighted by atomic mass is 79.9. The topological polar surface area (TPSA) is 47.3 Å². The third-order valence-corrected chi connectivity index (χ3v) is 2.64. The summed E-state index contributed by atoms with van der Waals surface area (Å²) in [5, 5.41) is 13.0. The Morgan fingerprint density at radius 1 is 1.64 bits per heavy atom. The van der Waals surface area contributed by atoms with Gasteiger partial charge in [0.1, 0.15) is 0 Å². The molecular weight excluding hydrogens is 248 g/mol. The average Bonchev–Trinajstić information content (AvgIpc) is 2.53. The average molecular weight is 263 g/mol. The number of aliphatic hydroxyl groups excluding tert-OH is 1. The van der Waals surface area contributed by atoms with E-state index in [-0.39, 0.29) is 6.61 Å². The van der Waals surface area contributed by atoms with Gasteiger partial charge in [0.25, 0.3) is 0 Å². The van der Waals surface area contributed by atoms with Crippen LogP contribution in [0.3, 0.4) is 0 Å². The fourth-order valence-corrected chi connectivity index (χ4v) is 1.75. The Kier molecular flexibility index (Phi) is 5.14. The molecule has 0 amide bonds. The Hall–Kier alpha value is -0.390. The van der Waals surface area contributed by atoms with E-state index in [0.29, 0.717) is 6.61 Å². The molecule has 0 atom stereocenters. The van der Waals surface area contributed by atoms with Crippen molar-refractivity contribution in [2.75, 3.05) is 20.3 Å². The van der Waals surface area contributed by atoms with Gasteiger partial charge in [-0.2, -0.15) is 5.10 Å². The minimum Gasteiger partial charge on any atom is -0.396 e. The van der Waals surface area contributed by atoms with Gasteiger partial charge >= 0.3 is 0 Å². The second kappa shape index (κ2) is 6.16. The number of hydrogen-bond acceptors (Lipinski definition) is 3. The largest absolute Gasteiger partial charge is 0.396 e. The van der Waals surface area contributed by atoms with Crippen LogP contribution in [0.4, 0.5) is 0 Å². The predicted octanol–water partition coefficient (Wildman–Crippen LogP) is 1.22. The van der Waals surface area contributed by atoms with Crippen LogP contribution in [0.15, 0.2) is 10.7 Å². The van der Waals surface area contributed by atoms with Gasteiger partial charge in [-0.1, -0.05) is 0 Å². The van der Waals surface area contributed by atoms with Crippen molar-refractivity contribution in [1.29, 1.82) is 0 Å². The molecule has 0 radical (unpaired) electrons. The van der Waals surface area contributed by atoms with Crippen molar-refractivity contribution in [3.05, 3.63) is 16.4 Å². The minimum absolute atomic E-state index is 0.210. The van der Waals surface area contributed by atoms with Crippen LogP contribution >= 0.6 is 15.9 Å². The van der Waals surface area contributed by atoms with Gasteiger partial charge in [0, 0.05) is 13.7 Å². The molecule has 0 saturated heterocycles. The summed E-state index contributed by atoms with van der Waals surface area (Å²) in [5.41, 5.74) is 1.12. The Balaban J connectivity index is 2.62. The van der Waals surface area contributed by atoms with Gasteiger partial charge in [0.15, 0.2) is 0 Å². The Morgan fingerprint density at radius 3 is 3.07 bits per heavy atom. The van der Waals surface area contributed by atoms with E-state index in [1.54, 1.807) is 13.3 Å². The molecule has 14 heavy (non-hydrogen) atoms. The molecule has 0 bridgehead atoms. The van der Waals surface area contributed by atoms with Gasteiger partial charge in [-0.25, -0.2) is 0 Å². The molecule has 1 heterocycles. The van der Waals surface area contributed by atoms with Crippen LogP contribution in [-0.4, -0.2) is 35.2 Å². The van der Waals surface area contributed by atoms with Crippen LogP contribution in [0, 0.1) is 0 Å². The molecule has 80 valence electrons. The zero-order valence-electron chi connectivity index (χ0n) is 8.24. The van der Waals surface area contributed by atoms with E-state index in [4.69, 9.17) is 9.84 Å². The van der Waals surface area contributed by atoms with Gasteiger partial charge < -0.3 is 9.84 Å². The first-order chi connectivity index (χ1) is 6.79. The van der Waals surface area contributed by atoms with Gasteiger partial charge in [0.05, 0.1) is 29.5 Å². The second-order valence-electron chi connectivity index (χ2n) is 2.98. The van der Waals surface area contributed by atoms with Gasteiger partial charge in [-0.15, -0.1) is 0 Å². The third kappa shape index (κ3) is 3.08. The number of aromatic nitrogens is 2. The highest BCUT2D eigenvalue weighted by molar-refractivity contribution is 9.10. The molecule has 4 nitrogen and oxygen atoms in total. The Bertz CT molecular complexity index is 276. The lowest BCUT2D eigenvalue weighted by atomic mass is 10.2. The number of nitrogens with zero attached hydrogens (tertiary/aromatic N) is 2. The molecule has 1 aromatic heterocycles. The molecular formula is C9H15BrN2O2. The van der Waals surface area contributed by atoms with Crippen LogP contribution in [0.25, 0.3) is 0 Å². The smallest absolute Gasteiger partial charge is 0.0658 e. The fourth-order valence-electron chi connectivity index (χ4n) is 1.25. The zero-order chi connectivity index (χ0) is 10.4. The fraction of sp³-hybridized carbons (Fsp3) is 0.667. The maximum Gasteiger partial charge on any atom is 0.0658 e. The van der Waals surface area contributed by atoms with Gasteiger partial charge in [-0.3, -0.25) is 4.68 Å². The maximum absolute atomic E-state index is 8.75. The van der Waals surface area contributed by atoms with Crippen LogP contribution in [0.5, 0.6) is 0 Å². The standard InChI is InChI=1S/C9H15BrN2O2/c1-14-6-4-12-9(3-2-5-13)8(10)7-11-12/h7,13H,2-6H2,1H3. The van der Waals surface area contributed by atoms with E-state index >= 15 is 0 Å². The number of rotatable bonds is 6. The lowest BCUT2D eigenvalue weighted by molar-refractivity contribution is 0.182. The minimum atomic E-state index is 0.210. The van der Waals surface area contributed by atoms with Crippen LogP contribution in [0.2, 0.25) is 0 Å². The summed E-state index contributed by atoms with van der Waals surface area (Å²) in [6.07, 6.45) is 3.38. The van der Waals surface area contributed by atoms with E-state index in [9.17, 15) is 0 Å². The maximum atomic E-state index is 8.75. The normalized spacial score (nSPS) is 10.8. The monoisotopic (exact) mass is 262 g/mol. The molecule has 0 fully saturated rings. The molecule has 0 aliphatic heterocycles. The van der Waals surface area contributed by atoms with Crippen molar-refractivity contribution >= 4 is 15.9 Å². The lowest BCUT2D eigenvalue weighted by Gasteiger charge is -2.06. The first-order valence-corrected chi connectivity index (χ1v) is 5.39. The number of ether oxygens (including phenoxy) is 1. The van der Waals surface area contributed by atoms with Crippen molar-refractivity contribution in [2.24, 2.45) is 0 Å². The Morgan fingerprint density at radius 2 is 2.43 bits per heavy atom. The molecule has 0 aliphatic carbocycles. The molecule has 0 aromatic carbocycles. The summed E-state index contributed by atoms with van der Waals surface area (Å²) in [5.74, 6) is 0. The van der Waals surface area contributed by atoms with Crippen LogP contribution in [0.1, 0.15) is 12.1 Å². The molecule has 0 aliphatic rings. The summed E-state index contributed by atoms with van der Waals surface area (Å²) < 4.78 is 7.90. The molecule has 0 saturated carbocycles. The van der Waals surface area contributed by atoms with E-state index in [2.05, 4.69) is 21.0 Å². The highest BCUT2D eigenvalue weighted by Crippen LogP contribution is 2.17. The van der Waals surface area contributed by atoms with Crippen molar-refractivity contribution < 1.29 is 9.84 Å². The molecule has 1 N–H and O–H groups in total. The molecule has 1 aromatic rings. The molecule has 0 unspecified atom stereocenters. The predicted molar refractivity (Wildman–Crippen MR) is 57.2 cm³/mol. The zero-order valence-corrected chi connectivity index (χ0v) is 9.83. The lowest BCUT2D eigenvalue weighted by Crippen LogP contribution is -2.10. The summed E-state index contributed by atoms with van der Waals surface area (Å²) >= 11 is 3.43. The van der Waals surface area contributed by atoms with Crippen LogP contribution in [-0.2, 0) is 17.7 Å². The summed E-state index contributed by atoms with van der Waals surface area (Å²) in [7, 11) is 1.67. The van der Waals surface area contributed by atoms with Crippen LogP contribution < -0.4 is 0 Å². The number of methoxy groups -OCH3 is 1. The second-order valence-corrected chi connectivity index (χ2v) is 3.84. The first-order valence-electron chi connectivity index (χ1n) is 4.59. The summed E-state index contributed by atoms with van der Waals surface area (Å²) in [6, 6.07) is 0. The number of hydrogen-bond donors (Lipinski definition) is 1. The number of halogens is 1. The van der Waals surface area contributed by atoms with E-state index < -0.39 is 0 Å².